The van der Waals surface area contributed by atoms with E-state index in [1.54, 1.807) is 0 Å². The van der Waals surface area contributed by atoms with Gasteiger partial charge in [0.1, 0.15) is 9.84 Å². The lowest BCUT2D eigenvalue weighted by molar-refractivity contribution is -0.134. The lowest BCUT2D eigenvalue weighted by Gasteiger charge is -2.03. The molecule has 0 unspecified atom stereocenters. The molecular weight excluding hydrogens is 246 g/mol. The van der Waals surface area contributed by atoms with Crippen molar-refractivity contribution in [2.75, 3.05) is 24.3 Å². The van der Waals surface area contributed by atoms with Crippen LogP contribution < -0.4 is 4.72 Å². The molecule has 0 aromatic heterocycles. The summed E-state index contributed by atoms with van der Waals surface area (Å²) in [5.41, 5.74) is 0. The third kappa shape index (κ3) is 9.63. The fraction of sp³-hybridized carbons (Fsp3) is 0.833. The van der Waals surface area contributed by atoms with Crippen molar-refractivity contribution in [1.82, 2.24) is 4.72 Å². The highest BCUT2D eigenvalue weighted by molar-refractivity contribution is 7.90. The zero-order valence-electron chi connectivity index (χ0n) is 8.13. The highest BCUT2D eigenvalue weighted by atomic mass is 32.2. The lowest BCUT2D eigenvalue weighted by Crippen LogP contribution is -2.31. The van der Waals surface area contributed by atoms with Gasteiger partial charge in [-0.15, -0.1) is 0 Å². The lowest BCUT2D eigenvalue weighted by atomic mass is 10.5. The second-order valence-electron chi connectivity index (χ2n) is 3.03. The van der Waals surface area contributed by atoms with Crippen molar-refractivity contribution < 1.29 is 26.7 Å². The van der Waals surface area contributed by atoms with Gasteiger partial charge in [0.15, 0.2) is 5.75 Å². The number of rotatable bonds is 7. The Bertz CT molecular complexity index is 409. The first-order valence-electron chi connectivity index (χ1n) is 3.99. The molecule has 0 amide bonds. The summed E-state index contributed by atoms with van der Waals surface area (Å²) >= 11 is 0. The Morgan fingerprint density at radius 1 is 1.27 bits per heavy atom. The van der Waals surface area contributed by atoms with Crippen LogP contribution in [0.5, 0.6) is 0 Å². The third-order valence-electron chi connectivity index (χ3n) is 1.33. The number of carboxylic acid groups (broad SMARTS) is 1. The van der Waals surface area contributed by atoms with Gasteiger partial charge in [-0.2, -0.15) is 0 Å². The van der Waals surface area contributed by atoms with Gasteiger partial charge in [-0.25, -0.2) is 21.6 Å². The summed E-state index contributed by atoms with van der Waals surface area (Å²) in [4.78, 5) is 10.1. The van der Waals surface area contributed by atoms with Crippen LogP contribution in [0.3, 0.4) is 0 Å². The molecule has 0 fully saturated rings. The van der Waals surface area contributed by atoms with Crippen molar-refractivity contribution in [2.45, 2.75) is 6.42 Å². The number of nitrogens with one attached hydrogen (secondary N) is 1. The highest BCUT2D eigenvalue weighted by Gasteiger charge is 2.14. The van der Waals surface area contributed by atoms with E-state index in [1.807, 2.05) is 4.72 Å². The largest absolute Gasteiger partial charge is 0.480 e. The maximum absolute atomic E-state index is 10.9. The molecule has 90 valence electrons. The van der Waals surface area contributed by atoms with Crippen LogP contribution in [0.1, 0.15) is 6.42 Å². The van der Waals surface area contributed by atoms with E-state index in [0.29, 0.717) is 0 Å². The number of carbonyl (C=O) groups is 1. The maximum Gasteiger partial charge on any atom is 0.320 e. The Balaban J connectivity index is 3.92. The molecule has 7 nitrogen and oxygen atoms in total. The standard InChI is InChI=1S/C6H13NO6S2/c1-14(10,11)4-2-3-7-15(12,13)5-6(8)9/h7H,2-5H2,1H3,(H,8,9). The van der Waals surface area contributed by atoms with E-state index in [0.717, 1.165) is 6.26 Å². The number of hydrogen-bond donors (Lipinski definition) is 2. The van der Waals surface area contributed by atoms with E-state index < -0.39 is 31.6 Å². The average Bonchev–Trinajstić information content (AvgIpc) is 1.93. The topological polar surface area (TPSA) is 118 Å². The van der Waals surface area contributed by atoms with Gasteiger partial charge >= 0.3 is 5.97 Å². The molecule has 0 aromatic rings. The SMILES string of the molecule is CS(=O)(=O)CCCNS(=O)(=O)CC(=O)O. The number of hydrogen-bond acceptors (Lipinski definition) is 5. The molecule has 0 aliphatic carbocycles. The summed E-state index contributed by atoms with van der Waals surface area (Å²) < 4.78 is 45.2. The van der Waals surface area contributed by atoms with E-state index in [2.05, 4.69) is 0 Å². The zero-order valence-corrected chi connectivity index (χ0v) is 9.77. The number of sulfone groups is 1. The minimum atomic E-state index is -3.84. The van der Waals surface area contributed by atoms with Gasteiger partial charge in [0.05, 0.1) is 5.75 Å². The van der Waals surface area contributed by atoms with Gasteiger partial charge in [-0.3, -0.25) is 4.79 Å². The Hall–Kier alpha value is -0.670. The number of carboxylic acids is 1. The van der Waals surface area contributed by atoms with E-state index in [9.17, 15) is 21.6 Å². The normalized spacial score (nSPS) is 12.6. The summed E-state index contributed by atoms with van der Waals surface area (Å²) in [6.07, 6.45) is 1.16. The van der Waals surface area contributed by atoms with Crippen molar-refractivity contribution in [3.63, 3.8) is 0 Å². The molecule has 0 heterocycles. The van der Waals surface area contributed by atoms with E-state index >= 15 is 0 Å². The summed E-state index contributed by atoms with van der Waals surface area (Å²) in [7, 11) is -6.96. The Morgan fingerprint density at radius 2 is 1.80 bits per heavy atom. The molecule has 0 aliphatic rings. The Kier molecular flexibility index (Phi) is 5.18. The summed E-state index contributed by atoms with van der Waals surface area (Å²) in [5.74, 6) is -2.60. The zero-order chi connectivity index (χ0) is 12.1. The van der Waals surface area contributed by atoms with Crippen molar-refractivity contribution in [2.24, 2.45) is 0 Å². The highest BCUT2D eigenvalue weighted by Crippen LogP contribution is 1.89. The molecule has 0 saturated carbocycles. The summed E-state index contributed by atoms with van der Waals surface area (Å²) in [6.45, 7) is -0.0807. The molecule has 0 aromatic carbocycles. The molecule has 0 atom stereocenters. The predicted octanol–water partition coefficient (Wildman–Crippen LogP) is -1.57. The summed E-state index contributed by atoms with van der Waals surface area (Å²) in [6, 6.07) is 0. The van der Waals surface area contributed by atoms with Crippen LogP contribution in [0.15, 0.2) is 0 Å². The second-order valence-corrected chi connectivity index (χ2v) is 7.10. The summed E-state index contributed by atoms with van der Waals surface area (Å²) in [5, 5.41) is 8.22. The fourth-order valence-electron chi connectivity index (χ4n) is 0.776. The minimum Gasteiger partial charge on any atom is -0.480 e. The molecule has 0 bridgehead atoms. The minimum absolute atomic E-state index is 0.0807. The molecule has 0 radical (unpaired) electrons. The Labute approximate surface area is 88.5 Å². The van der Waals surface area contributed by atoms with Crippen LogP contribution in [0.4, 0.5) is 0 Å². The predicted molar refractivity (Wildman–Crippen MR) is 53.8 cm³/mol. The van der Waals surface area contributed by atoms with Crippen molar-refractivity contribution in [3.05, 3.63) is 0 Å². The molecule has 15 heavy (non-hydrogen) atoms. The van der Waals surface area contributed by atoms with Crippen LogP contribution in [0.2, 0.25) is 0 Å². The average molecular weight is 259 g/mol. The van der Waals surface area contributed by atoms with Gasteiger partial charge in [-0.1, -0.05) is 0 Å². The van der Waals surface area contributed by atoms with Crippen LogP contribution in [-0.2, 0) is 24.7 Å². The van der Waals surface area contributed by atoms with Crippen LogP contribution in [-0.4, -0.2) is 52.2 Å². The van der Waals surface area contributed by atoms with Gasteiger partial charge in [-0.05, 0) is 6.42 Å². The van der Waals surface area contributed by atoms with Crippen LogP contribution in [0.25, 0.3) is 0 Å². The monoisotopic (exact) mass is 259 g/mol. The molecule has 9 heteroatoms. The molecular formula is C6H13NO6S2. The third-order valence-corrected chi connectivity index (χ3v) is 3.63. The van der Waals surface area contributed by atoms with Crippen LogP contribution >= 0.6 is 0 Å². The van der Waals surface area contributed by atoms with Crippen molar-refractivity contribution in [3.8, 4) is 0 Å². The maximum atomic E-state index is 10.9. The number of aliphatic carboxylic acids is 1. The molecule has 0 aliphatic heterocycles. The van der Waals surface area contributed by atoms with Gasteiger partial charge in [0.25, 0.3) is 0 Å². The van der Waals surface area contributed by atoms with Gasteiger partial charge in [0.2, 0.25) is 10.0 Å². The fourth-order valence-corrected chi connectivity index (χ4v) is 2.33. The van der Waals surface area contributed by atoms with Gasteiger partial charge < -0.3 is 5.11 Å². The quantitative estimate of drug-likeness (QED) is 0.533. The first-order chi connectivity index (χ1) is 6.62. The second kappa shape index (κ2) is 5.42. The molecule has 0 rings (SSSR count). The molecule has 0 saturated heterocycles. The van der Waals surface area contributed by atoms with Crippen LogP contribution in [0, 0.1) is 0 Å². The van der Waals surface area contributed by atoms with E-state index in [1.165, 1.54) is 0 Å². The van der Waals surface area contributed by atoms with Crippen molar-refractivity contribution >= 4 is 25.8 Å². The molecule has 0 spiro atoms. The first-order valence-corrected chi connectivity index (χ1v) is 7.70. The Morgan fingerprint density at radius 3 is 2.20 bits per heavy atom. The number of sulfonamides is 1. The van der Waals surface area contributed by atoms with Gasteiger partial charge in [0, 0.05) is 12.8 Å². The smallest absolute Gasteiger partial charge is 0.320 e. The van der Waals surface area contributed by atoms with E-state index in [4.69, 9.17) is 5.11 Å². The molecule has 2 N–H and O–H groups in total. The van der Waals surface area contributed by atoms with E-state index in [-0.39, 0.29) is 18.7 Å². The first kappa shape index (κ1) is 14.3. The van der Waals surface area contributed by atoms with Crippen molar-refractivity contribution in [1.29, 1.82) is 0 Å².